The number of nitrogens with zero attached hydrogens (tertiary/aromatic N) is 1. The van der Waals surface area contributed by atoms with Gasteiger partial charge >= 0.3 is 0 Å². The molecule has 0 spiro atoms. The summed E-state index contributed by atoms with van der Waals surface area (Å²) in [6, 6.07) is 4.54. The van der Waals surface area contributed by atoms with Crippen LogP contribution in [-0.2, 0) is 0 Å². The van der Waals surface area contributed by atoms with E-state index in [1.54, 1.807) is 11.0 Å². The Balaban J connectivity index is 0.00000200. The molecule has 1 aliphatic rings. The van der Waals surface area contributed by atoms with Crippen LogP contribution in [0.3, 0.4) is 0 Å². The van der Waals surface area contributed by atoms with Crippen LogP contribution in [-0.4, -0.2) is 29.9 Å². The summed E-state index contributed by atoms with van der Waals surface area (Å²) in [5.41, 5.74) is 5.93. The van der Waals surface area contributed by atoms with Gasteiger partial charge in [-0.3, -0.25) is 4.79 Å². The third kappa shape index (κ3) is 3.62. The number of amides is 1. The summed E-state index contributed by atoms with van der Waals surface area (Å²) in [6.07, 6.45) is 1.92. The quantitative estimate of drug-likeness (QED) is 0.910. The largest absolute Gasteiger partial charge is 0.338 e. The van der Waals surface area contributed by atoms with Crippen molar-refractivity contribution in [1.82, 2.24) is 4.90 Å². The molecule has 6 heteroatoms. The molecule has 1 aliphatic heterocycles. The number of likely N-dealkylation sites (tertiary alicyclic amines) is 1. The lowest BCUT2D eigenvalue weighted by Crippen LogP contribution is -2.45. The molecule has 0 aliphatic carbocycles. The Morgan fingerprint density at radius 1 is 1.55 bits per heavy atom. The van der Waals surface area contributed by atoms with Gasteiger partial charge in [-0.25, -0.2) is 4.39 Å². The highest BCUT2D eigenvalue weighted by molar-refractivity contribution is 6.31. The standard InChI is InChI=1S/C14H18ClFN2O.ClH/c1-9(17)10-4-3-7-18(8-10)14(19)11-5-2-6-12(15)13(11)16;/h2,5-6,9-10H,3-4,7-8,17H2,1H3;1H. The highest BCUT2D eigenvalue weighted by Gasteiger charge is 2.28. The molecule has 0 bridgehead atoms. The topological polar surface area (TPSA) is 46.3 Å². The second-order valence-corrected chi connectivity index (χ2v) is 5.52. The van der Waals surface area contributed by atoms with Gasteiger partial charge in [0.25, 0.3) is 5.91 Å². The molecular formula is C14H19Cl2FN2O. The highest BCUT2D eigenvalue weighted by atomic mass is 35.5. The molecule has 1 saturated heterocycles. The number of benzene rings is 1. The van der Waals surface area contributed by atoms with Gasteiger partial charge in [-0.15, -0.1) is 12.4 Å². The number of nitrogens with two attached hydrogens (primary N) is 1. The fourth-order valence-electron chi connectivity index (χ4n) is 2.46. The van der Waals surface area contributed by atoms with Crippen molar-refractivity contribution in [3.8, 4) is 0 Å². The number of halogens is 3. The average molecular weight is 321 g/mol. The van der Waals surface area contributed by atoms with Gasteiger partial charge < -0.3 is 10.6 Å². The monoisotopic (exact) mass is 320 g/mol. The van der Waals surface area contributed by atoms with Crippen LogP contribution in [0.15, 0.2) is 18.2 Å². The second-order valence-electron chi connectivity index (χ2n) is 5.11. The Hall–Kier alpha value is -0.840. The molecule has 1 amide bonds. The summed E-state index contributed by atoms with van der Waals surface area (Å²) in [5, 5.41) is -0.0217. The van der Waals surface area contributed by atoms with E-state index in [2.05, 4.69) is 0 Å². The van der Waals surface area contributed by atoms with E-state index < -0.39 is 5.82 Å². The lowest BCUT2D eigenvalue weighted by Gasteiger charge is -2.34. The maximum absolute atomic E-state index is 13.9. The van der Waals surface area contributed by atoms with Crippen LogP contribution < -0.4 is 5.73 Å². The molecule has 1 heterocycles. The van der Waals surface area contributed by atoms with Crippen molar-refractivity contribution in [1.29, 1.82) is 0 Å². The van der Waals surface area contributed by atoms with Crippen LogP contribution in [0.5, 0.6) is 0 Å². The van der Waals surface area contributed by atoms with E-state index in [9.17, 15) is 9.18 Å². The lowest BCUT2D eigenvalue weighted by molar-refractivity contribution is 0.0656. The molecule has 2 atom stereocenters. The smallest absolute Gasteiger partial charge is 0.256 e. The minimum Gasteiger partial charge on any atom is -0.338 e. The van der Waals surface area contributed by atoms with E-state index in [1.165, 1.54) is 12.1 Å². The molecule has 2 rings (SSSR count). The molecular weight excluding hydrogens is 302 g/mol. The van der Waals surface area contributed by atoms with Gasteiger partial charge in [-0.05, 0) is 37.8 Å². The fraction of sp³-hybridized carbons (Fsp3) is 0.500. The number of piperidine rings is 1. The number of carbonyl (C=O) groups is 1. The number of hydrogen-bond acceptors (Lipinski definition) is 2. The van der Waals surface area contributed by atoms with Gasteiger partial charge in [-0.2, -0.15) is 0 Å². The summed E-state index contributed by atoms with van der Waals surface area (Å²) < 4.78 is 13.9. The molecule has 1 aromatic rings. The minimum atomic E-state index is -0.642. The predicted molar refractivity (Wildman–Crippen MR) is 80.9 cm³/mol. The first-order valence-corrected chi connectivity index (χ1v) is 6.87. The van der Waals surface area contributed by atoms with Gasteiger partial charge in [0.1, 0.15) is 0 Å². The maximum atomic E-state index is 13.9. The van der Waals surface area contributed by atoms with Crippen molar-refractivity contribution < 1.29 is 9.18 Å². The van der Waals surface area contributed by atoms with Gasteiger partial charge in [0, 0.05) is 19.1 Å². The first-order chi connectivity index (χ1) is 9.00. The summed E-state index contributed by atoms with van der Waals surface area (Å²) >= 11 is 5.71. The van der Waals surface area contributed by atoms with Crippen LogP contribution in [0.4, 0.5) is 4.39 Å². The Morgan fingerprint density at radius 2 is 2.25 bits per heavy atom. The highest BCUT2D eigenvalue weighted by Crippen LogP contribution is 2.23. The molecule has 2 N–H and O–H groups in total. The number of carbonyl (C=O) groups excluding carboxylic acids is 1. The van der Waals surface area contributed by atoms with E-state index >= 15 is 0 Å². The summed E-state index contributed by atoms with van der Waals surface area (Å²) in [7, 11) is 0. The van der Waals surface area contributed by atoms with Crippen molar-refractivity contribution in [3.05, 3.63) is 34.6 Å². The van der Waals surface area contributed by atoms with Gasteiger partial charge in [0.15, 0.2) is 5.82 Å². The predicted octanol–water partition coefficient (Wildman–Crippen LogP) is 3.10. The average Bonchev–Trinajstić information content (AvgIpc) is 2.41. The van der Waals surface area contributed by atoms with Gasteiger partial charge in [-0.1, -0.05) is 17.7 Å². The zero-order valence-corrected chi connectivity index (χ0v) is 12.9. The molecule has 0 radical (unpaired) electrons. The third-order valence-electron chi connectivity index (χ3n) is 3.67. The van der Waals surface area contributed by atoms with Crippen molar-refractivity contribution in [2.24, 2.45) is 11.7 Å². The van der Waals surface area contributed by atoms with Crippen molar-refractivity contribution >= 4 is 29.9 Å². The molecule has 0 aromatic heterocycles. The third-order valence-corrected chi connectivity index (χ3v) is 3.96. The van der Waals surface area contributed by atoms with Crippen LogP contribution in [0.25, 0.3) is 0 Å². The van der Waals surface area contributed by atoms with Crippen LogP contribution >= 0.6 is 24.0 Å². The molecule has 2 unspecified atom stereocenters. The molecule has 1 fully saturated rings. The number of hydrogen-bond donors (Lipinski definition) is 1. The second kappa shape index (κ2) is 7.25. The molecule has 112 valence electrons. The van der Waals surface area contributed by atoms with Crippen LogP contribution in [0.1, 0.15) is 30.1 Å². The zero-order chi connectivity index (χ0) is 14.0. The summed E-state index contributed by atoms with van der Waals surface area (Å²) in [5.74, 6) is -0.664. The van der Waals surface area contributed by atoms with E-state index in [0.717, 1.165) is 12.8 Å². The first-order valence-electron chi connectivity index (χ1n) is 6.49. The van der Waals surface area contributed by atoms with Crippen molar-refractivity contribution in [3.63, 3.8) is 0 Å². The maximum Gasteiger partial charge on any atom is 0.256 e. The molecule has 1 aromatic carbocycles. The first kappa shape index (κ1) is 17.2. The van der Waals surface area contributed by atoms with Gasteiger partial charge in [0.05, 0.1) is 10.6 Å². The Morgan fingerprint density at radius 3 is 2.90 bits per heavy atom. The fourth-order valence-corrected chi connectivity index (χ4v) is 2.64. The van der Waals surface area contributed by atoms with E-state index in [1.807, 2.05) is 6.92 Å². The normalized spacial score (nSPS) is 20.2. The summed E-state index contributed by atoms with van der Waals surface area (Å²) in [4.78, 5) is 14.0. The zero-order valence-electron chi connectivity index (χ0n) is 11.3. The van der Waals surface area contributed by atoms with Crippen LogP contribution in [0.2, 0.25) is 5.02 Å². The van der Waals surface area contributed by atoms with E-state index in [4.69, 9.17) is 17.3 Å². The van der Waals surface area contributed by atoms with Crippen molar-refractivity contribution in [2.75, 3.05) is 13.1 Å². The lowest BCUT2D eigenvalue weighted by atomic mass is 9.92. The Labute approximate surface area is 129 Å². The van der Waals surface area contributed by atoms with Gasteiger partial charge in [0.2, 0.25) is 0 Å². The summed E-state index contributed by atoms with van der Waals surface area (Å²) in [6.45, 7) is 3.18. The van der Waals surface area contributed by atoms with Crippen molar-refractivity contribution in [2.45, 2.75) is 25.8 Å². The number of rotatable bonds is 2. The molecule has 3 nitrogen and oxygen atoms in total. The Bertz CT molecular complexity index is 482. The SMILES string of the molecule is CC(N)C1CCCN(C(=O)c2cccc(Cl)c2F)C1.Cl. The molecule has 0 saturated carbocycles. The minimum absolute atomic E-state index is 0. The van der Waals surface area contributed by atoms with E-state index in [-0.39, 0.29) is 40.9 Å². The van der Waals surface area contributed by atoms with E-state index in [0.29, 0.717) is 13.1 Å². The Kier molecular flexibility index (Phi) is 6.24. The molecule has 20 heavy (non-hydrogen) atoms. The van der Waals surface area contributed by atoms with Crippen LogP contribution in [0, 0.1) is 11.7 Å².